The molecule has 0 bridgehead atoms. The second kappa shape index (κ2) is 20.6. The van der Waals surface area contributed by atoms with Gasteiger partial charge in [-0.3, -0.25) is 0 Å². The van der Waals surface area contributed by atoms with E-state index in [1.165, 1.54) is 62.5 Å². The predicted octanol–water partition coefficient (Wildman–Crippen LogP) is 8.96. The van der Waals surface area contributed by atoms with Gasteiger partial charge in [0.1, 0.15) is 0 Å². The van der Waals surface area contributed by atoms with Crippen LogP contribution in [0.15, 0.2) is 66.8 Å². The summed E-state index contributed by atoms with van der Waals surface area (Å²) in [4.78, 5) is 24.3. The average molecular weight is 687 g/mol. The lowest BCUT2D eigenvalue weighted by atomic mass is 9.74. The highest BCUT2D eigenvalue weighted by Crippen LogP contribution is 2.41. The van der Waals surface area contributed by atoms with Gasteiger partial charge < -0.3 is 19.7 Å². The Morgan fingerprint density at radius 1 is 0.720 bits per heavy atom. The minimum Gasteiger partial charge on any atom is -0.462 e. The summed E-state index contributed by atoms with van der Waals surface area (Å²) in [5, 5.41) is 18.4. The maximum absolute atomic E-state index is 12.1. The van der Waals surface area contributed by atoms with E-state index in [9.17, 15) is 19.8 Å². The summed E-state index contributed by atoms with van der Waals surface area (Å²) in [7, 11) is 0. The summed E-state index contributed by atoms with van der Waals surface area (Å²) >= 11 is 0. The van der Waals surface area contributed by atoms with Crippen molar-refractivity contribution in [1.82, 2.24) is 0 Å². The fraction of sp³-hybridized carbons (Fsp3) is 0.591. The van der Waals surface area contributed by atoms with Gasteiger partial charge in [0, 0.05) is 5.92 Å². The Hall–Kier alpha value is -3.22. The van der Waals surface area contributed by atoms with Crippen molar-refractivity contribution in [3.05, 3.63) is 94.6 Å². The highest BCUT2D eigenvalue weighted by Gasteiger charge is 2.30. The first-order valence-corrected chi connectivity index (χ1v) is 19.4. The second-order valence-electron chi connectivity index (χ2n) is 14.9. The van der Waals surface area contributed by atoms with Crippen molar-refractivity contribution in [3.8, 4) is 0 Å². The minimum atomic E-state index is -0.639. The molecule has 2 aliphatic rings. The molecule has 6 nitrogen and oxygen atoms in total. The highest BCUT2D eigenvalue weighted by atomic mass is 16.5. The van der Waals surface area contributed by atoms with Gasteiger partial charge in [0.05, 0.1) is 37.6 Å². The number of aliphatic hydroxyl groups excluding tert-OH is 2. The Labute approximate surface area is 301 Å². The first-order valence-electron chi connectivity index (χ1n) is 19.4. The largest absolute Gasteiger partial charge is 0.462 e. The van der Waals surface area contributed by atoms with Crippen LogP contribution in [0.4, 0.5) is 0 Å². The van der Waals surface area contributed by atoms with Crippen LogP contribution in [-0.2, 0) is 38.3 Å². The first-order chi connectivity index (χ1) is 24.3. The molecular formula is C44H62O6. The van der Waals surface area contributed by atoms with Gasteiger partial charge in [0.2, 0.25) is 0 Å². The van der Waals surface area contributed by atoms with Crippen molar-refractivity contribution in [3.63, 3.8) is 0 Å². The fourth-order valence-electron chi connectivity index (χ4n) is 8.09. The predicted molar refractivity (Wildman–Crippen MR) is 201 cm³/mol. The van der Waals surface area contributed by atoms with Gasteiger partial charge in [-0.25, -0.2) is 9.59 Å². The monoisotopic (exact) mass is 686 g/mol. The number of benzene rings is 2. The smallest absolute Gasteiger partial charge is 0.335 e. The standard InChI is InChI=1S/C44H62O6/c1-5-7-8-9-36-24-25-41(26-35(36)6-2)39-22-20-38(21-23-39)37-16-12-33(13-17-37)10-11-34-14-18-40(19-15-34)42(29-49-43(47)31(3)27-45)30-50-44(48)32(4)28-46/h12-13,16-17,24-26,34,38-40,42,45-46H,3-11,14-15,18-23,27-30H2,1-2H3. The van der Waals surface area contributed by atoms with E-state index in [4.69, 9.17) is 9.47 Å². The third-order valence-corrected chi connectivity index (χ3v) is 11.5. The van der Waals surface area contributed by atoms with E-state index < -0.39 is 25.2 Å². The molecule has 2 aromatic carbocycles. The minimum absolute atomic E-state index is 0.00150. The first kappa shape index (κ1) is 39.6. The molecule has 0 radical (unpaired) electrons. The van der Waals surface area contributed by atoms with Gasteiger partial charge >= 0.3 is 11.9 Å². The van der Waals surface area contributed by atoms with Crippen molar-refractivity contribution in [1.29, 1.82) is 0 Å². The van der Waals surface area contributed by atoms with E-state index in [1.807, 2.05) is 0 Å². The van der Waals surface area contributed by atoms with Crippen molar-refractivity contribution in [2.45, 2.75) is 122 Å². The van der Waals surface area contributed by atoms with Gasteiger partial charge in [-0.2, -0.15) is 0 Å². The van der Waals surface area contributed by atoms with Gasteiger partial charge in [-0.1, -0.05) is 95.2 Å². The van der Waals surface area contributed by atoms with E-state index >= 15 is 0 Å². The van der Waals surface area contributed by atoms with E-state index in [-0.39, 0.29) is 36.2 Å². The number of aryl methyl sites for hydroxylation is 3. The summed E-state index contributed by atoms with van der Waals surface area (Å²) < 4.78 is 10.8. The lowest BCUT2D eigenvalue weighted by Gasteiger charge is -2.33. The lowest BCUT2D eigenvalue weighted by Crippen LogP contribution is -2.31. The SMILES string of the molecule is C=C(CO)C(=O)OCC(COC(=O)C(=C)CO)C1CCC(CCc2ccc(C3CCC(c4ccc(CCCCC)c(CC)c4)CC3)cc2)CC1. The van der Waals surface area contributed by atoms with Crippen LogP contribution in [0.5, 0.6) is 0 Å². The van der Waals surface area contributed by atoms with Crippen LogP contribution in [0.2, 0.25) is 0 Å². The number of carbonyl (C=O) groups excluding carboxylic acids is 2. The molecular weight excluding hydrogens is 624 g/mol. The molecule has 2 fully saturated rings. The Kier molecular flexibility index (Phi) is 16.3. The molecule has 0 heterocycles. The maximum atomic E-state index is 12.1. The van der Waals surface area contributed by atoms with Gasteiger partial charge in [-0.05, 0) is 122 Å². The normalized spacial score (nSPS) is 20.7. The summed E-state index contributed by atoms with van der Waals surface area (Å²) in [5.41, 5.74) is 7.56. The molecule has 6 heteroatoms. The molecule has 0 aliphatic heterocycles. The number of rotatable bonds is 19. The molecule has 0 atom stereocenters. The molecule has 0 saturated heterocycles. The Morgan fingerprint density at radius 2 is 1.28 bits per heavy atom. The van der Waals surface area contributed by atoms with Crippen LogP contribution in [0.1, 0.15) is 131 Å². The van der Waals surface area contributed by atoms with Crippen LogP contribution in [0, 0.1) is 17.8 Å². The van der Waals surface area contributed by atoms with E-state index in [1.54, 1.807) is 16.7 Å². The summed E-state index contributed by atoms with van der Waals surface area (Å²) in [6.45, 7) is 10.9. The third-order valence-electron chi connectivity index (χ3n) is 11.5. The molecule has 0 spiro atoms. The van der Waals surface area contributed by atoms with Gasteiger partial charge in [0.15, 0.2) is 0 Å². The van der Waals surface area contributed by atoms with E-state index in [2.05, 4.69) is 69.5 Å². The van der Waals surface area contributed by atoms with Crippen LogP contribution < -0.4 is 0 Å². The number of ether oxygens (including phenoxy) is 2. The molecule has 0 unspecified atom stereocenters. The van der Waals surface area contributed by atoms with E-state index in [0.29, 0.717) is 17.8 Å². The zero-order valence-corrected chi connectivity index (χ0v) is 30.8. The van der Waals surface area contributed by atoms with Crippen molar-refractivity contribution < 1.29 is 29.3 Å². The van der Waals surface area contributed by atoms with Crippen LogP contribution in [0.25, 0.3) is 0 Å². The van der Waals surface area contributed by atoms with Crippen molar-refractivity contribution in [2.24, 2.45) is 17.8 Å². The quantitative estimate of drug-likeness (QED) is 0.0871. The lowest BCUT2D eigenvalue weighted by molar-refractivity contribution is -0.146. The van der Waals surface area contributed by atoms with E-state index in [0.717, 1.165) is 44.9 Å². The zero-order valence-electron chi connectivity index (χ0n) is 30.8. The number of esters is 2. The fourth-order valence-corrected chi connectivity index (χ4v) is 8.09. The van der Waals surface area contributed by atoms with Crippen molar-refractivity contribution in [2.75, 3.05) is 26.4 Å². The molecule has 0 aromatic heterocycles. The zero-order chi connectivity index (χ0) is 35.9. The van der Waals surface area contributed by atoms with Crippen LogP contribution >= 0.6 is 0 Å². The Bertz CT molecular complexity index is 1350. The molecule has 50 heavy (non-hydrogen) atoms. The summed E-state index contributed by atoms with van der Waals surface area (Å²) in [6, 6.07) is 16.8. The number of aliphatic hydroxyl groups is 2. The summed E-state index contributed by atoms with van der Waals surface area (Å²) in [5.74, 6) is 0.779. The number of carbonyl (C=O) groups is 2. The Morgan fingerprint density at radius 3 is 1.82 bits per heavy atom. The second-order valence-corrected chi connectivity index (χ2v) is 14.9. The van der Waals surface area contributed by atoms with Crippen molar-refractivity contribution >= 4 is 11.9 Å². The average Bonchev–Trinajstić information content (AvgIpc) is 3.16. The molecule has 0 amide bonds. The van der Waals surface area contributed by atoms with Crippen LogP contribution in [0.3, 0.4) is 0 Å². The van der Waals surface area contributed by atoms with Gasteiger partial charge in [-0.15, -0.1) is 0 Å². The molecule has 2 saturated carbocycles. The topological polar surface area (TPSA) is 93.1 Å². The molecule has 274 valence electrons. The molecule has 2 aromatic rings. The van der Waals surface area contributed by atoms with Crippen LogP contribution in [-0.4, -0.2) is 48.6 Å². The Balaban J connectivity index is 1.22. The number of unbranched alkanes of at least 4 members (excludes halogenated alkanes) is 2. The molecule has 4 rings (SSSR count). The summed E-state index contributed by atoms with van der Waals surface area (Å²) in [6.07, 6.45) is 17.6. The maximum Gasteiger partial charge on any atom is 0.335 e. The number of hydrogen-bond acceptors (Lipinski definition) is 6. The molecule has 2 N–H and O–H groups in total. The van der Waals surface area contributed by atoms with Gasteiger partial charge in [0.25, 0.3) is 0 Å². The number of hydrogen-bond donors (Lipinski definition) is 2. The highest BCUT2D eigenvalue weighted by molar-refractivity contribution is 5.88. The third kappa shape index (κ3) is 11.7. The molecule has 2 aliphatic carbocycles.